The summed E-state index contributed by atoms with van der Waals surface area (Å²) in [5, 5.41) is 6.57. The molecule has 9 nitrogen and oxygen atoms in total. The van der Waals surface area contributed by atoms with E-state index in [1.165, 1.54) is 24.4 Å². The quantitative estimate of drug-likeness (QED) is 0.383. The molecule has 2 N–H and O–H groups in total. The first-order valence-electron chi connectivity index (χ1n) is 12.3. The predicted octanol–water partition coefficient (Wildman–Crippen LogP) is 4.59. The Bertz CT molecular complexity index is 1600. The molecule has 1 amide bonds. The van der Waals surface area contributed by atoms with Crippen molar-refractivity contribution < 1.29 is 18.0 Å². The van der Waals surface area contributed by atoms with Gasteiger partial charge in [0.15, 0.2) is 0 Å². The number of nitrogens with zero attached hydrogens (tertiary/aromatic N) is 5. The number of benzene rings is 2. The zero-order valence-electron chi connectivity index (χ0n) is 20.7. The lowest BCUT2D eigenvalue weighted by Crippen LogP contribution is -2.51. The van der Waals surface area contributed by atoms with Crippen molar-refractivity contribution in [1.82, 2.24) is 25.2 Å². The Morgan fingerprint density at radius 1 is 1.15 bits per heavy atom. The van der Waals surface area contributed by atoms with E-state index >= 15 is 0 Å². The zero-order chi connectivity index (χ0) is 27.1. The van der Waals surface area contributed by atoms with E-state index in [2.05, 4.69) is 30.6 Å². The Morgan fingerprint density at radius 2 is 1.97 bits per heavy atom. The van der Waals surface area contributed by atoms with Gasteiger partial charge in [-0.1, -0.05) is 23.7 Å². The normalized spacial score (nSPS) is 16.7. The van der Waals surface area contributed by atoms with E-state index in [1.54, 1.807) is 29.3 Å². The van der Waals surface area contributed by atoms with Crippen molar-refractivity contribution >= 4 is 35.2 Å². The highest BCUT2D eigenvalue weighted by Gasteiger charge is 2.27. The molecule has 1 atom stereocenters. The van der Waals surface area contributed by atoms with Gasteiger partial charge >= 0.3 is 6.01 Å². The SMILES string of the molecule is CC1CN(C(=O)c2cnc(Nc3ncc4c(n3)-c3ccc(Cl)cc3C(c3c(F)cccc3F)=NC4)o2)CCN1. The summed E-state index contributed by atoms with van der Waals surface area (Å²) in [6.45, 7) is 3.95. The van der Waals surface area contributed by atoms with Crippen LogP contribution in [0.3, 0.4) is 0 Å². The van der Waals surface area contributed by atoms with Gasteiger partial charge in [-0.2, -0.15) is 0 Å². The third kappa shape index (κ3) is 4.86. The molecule has 198 valence electrons. The van der Waals surface area contributed by atoms with Crippen LogP contribution in [0.4, 0.5) is 20.7 Å². The van der Waals surface area contributed by atoms with Crippen LogP contribution in [0.1, 0.15) is 34.2 Å². The fourth-order valence-corrected chi connectivity index (χ4v) is 4.89. The monoisotopic (exact) mass is 549 g/mol. The number of rotatable bonds is 4. The average molecular weight is 550 g/mol. The van der Waals surface area contributed by atoms with Crippen molar-refractivity contribution in [2.24, 2.45) is 4.99 Å². The van der Waals surface area contributed by atoms with Crippen LogP contribution in [0.2, 0.25) is 5.02 Å². The molecule has 2 aliphatic heterocycles. The molecule has 0 saturated carbocycles. The fraction of sp³-hybridized carbons (Fsp3) is 0.222. The van der Waals surface area contributed by atoms with Crippen molar-refractivity contribution in [2.75, 3.05) is 25.0 Å². The highest BCUT2D eigenvalue weighted by molar-refractivity contribution is 6.31. The van der Waals surface area contributed by atoms with Crippen LogP contribution in [0.25, 0.3) is 11.3 Å². The summed E-state index contributed by atoms with van der Waals surface area (Å²) in [4.78, 5) is 32.2. The van der Waals surface area contributed by atoms with Crippen LogP contribution in [-0.4, -0.2) is 57.1 Å². The van der Waals surface area contributed by atoms with Crippen molar-refractivity contribution in [1.29, 1.82) is 0 Å². The Kier molecular flexibility index (Phi) is 6.53. The van der Waals surface area contributed by atoms with Gasteiger partial charge < -0.3 is 14.6 Å². The topological polar surface area (TPSA) is 109 Å². The molecular weight excluding hydrogens is 528 g/mol. The third-order valence-electron chi connectivity index (χ3n) is 6.55. The number of piperazine rings is 1. The van der Waals surface area contributed by atoms with Gasteiger partial charge in [0.05, 0.1) is 29.7 Å². The molecule has 0 aliphatic carbocycles. The first kappa shape index (κ1) is 25.1. The molecule has 4 aromatic rings. The predicted molar refractivity (Wildman–Crippen MR) is 141 cm³/mol. The van der Waals surface area contributed by atoms with E-state index in [1.807, 2.05) is 6.92 Å². The first-order chi connectivity index (χ1) is 18.9. The molecule has 2 aromatic carbocycles. The van der Waals surface area contributed by atoms with Gasteiger partial charge in [0.1, 0.15) is 11.6 Å². The van der Waals surface area contributed by atoms with Crippen LogP contribution < -0.4 is 10.6 Å². The fourth-order valence-electron chi connectivity index (χ4n) is 4.72. The lowest BCUT2D eigenvalue weighted by molar-refractivity contribution is 0.0678. The maximum Gasteiger partial charge on any atom is 0.302 e. The van der Waals surface area contributed by atoms with E-state index in [4.69, 9.17) is 16.0 Å². The average Bonchev–Trinajstić information content (AvgIpc) is 3.32. The second-order valence-corrected chi connectivity index (χ2v) is 9.72. The van der Waals surface area contributed by atoms with Crippen LogP contribution in [0, 0.1) is 11.6 Å². The van der Waals surface area contributed by atoms with Gasteiger partial charge in [0, 0.05) is 53.6 Å². The maximum atomic E-state index is 14.8. The highest BCUT2D eigenvalue weighted by Crippen LogP contribution is 2.34. The number of anilines is 2. The second kappa shape index (κ2) is 10.2. The maximum absolute atomic E-state index is 14.8. The minimum atomic E-state index is -0.733. The lowest BCUT2D eigenvalue weighted by Gasteiger charge is -2.31. The summed E-state index contributed by atoms with van der Waals surface area (Å²) in [7, 11) is 0. The van der Waals surface area contributed by atoms with E-state index < -0.39 is 11.6 Å². The van der Waals surface area contributed by atoms with E-state index in [0.717, 1.165) is 0 Å². The standard InChI is InChI=1S/C27H22ClF2N7O2/c1-14-13-37(8-7-31-14)25(38)21-12-34-27(39-21)36-26-33-11-15-10-32-24(22-19(29)3-2-4-20(22)30)18-9-16(28)5-6-17(18)23(15)35-26/h2-6,9,11-12,14,31H,7-8,10,13H2,1H3,(H,33,34,35,36). The second-order valence-electron chi connectivity index (χ2n) is 9.28. The summed E-state index contributed by atoms with van der Waals surface area (Å²) in [5.74, 6) is -1.45. The Balaban J connectivity index is 1.32. The smallest absolute Gasteiger partial charge is 0.302 e. The minimum absolute atomic E-state index is 0.0526. The number of aliphatic imine (C=N–C) groups is 1. The third-order valence-corrected chi connectivity index (χ3v) is 6.79. The number of carbonyl (C=O) groups is 1. The number of fused-ring (bicyclic) bond motifs is 3. The Hall–Kier alpha value is -4.22. The van der Waals surface area contributed by atoms with E-state index in [9.17, 15) is 13.6 Å². The zero-order valence-corrected chi connectivity index (χ0v) is 21.5. The van der Waals surface area contributed by atoms with E-state index in [0.29, 0.717) is 47.0 Å². The molecule has 0 radical (unpaired) electrons. The van der Waals surface area contributed by atoms with Gasteiger partial charge in [-0.3, -0.25) is 15.1 Å². The van der Waals surface area contributed by atoms with E-state index in [-0.39, 0.29) is 47.5 Å². The highest BCUT2D eigenvalue weighted by atomic mass is 35.5. The van der Waals surface area contributed by atoms with Gasteiger partial charge in [-0.15, -0.1) is 0 Å². The van der Waals surface area contributed by atoms with Gasteiger partial charge in [0.25, 0.3) is 5.91 Å². The van der Waals surface area contributed by atoms with Crippen LogP contribution in [-0.2, 0) is 6.54 Å². The van der Waals surface area contributed by atoms with Crippen molar-refractivity contribution in [2.45, 2.75) is 19.5 Å². The molecule has 1 unspecified atom stereocenters. The number of nitrogens with one attached hydrogen (secondary N) is 2. The lowest BCUT2D eigenvalue weighted by atomic mass is 9.95. The molecule has 4 heterocycles. The number of halogens is 3. The molecule has 1 fully saturated rings. The molecular formula is C27H22ClF2N7O2. The summed E-state index contributed by atoms with van der Waals surface area (Å²) < 4.78 is 35.2. The number of oxazole rings is 1. The summed E-state index contributed by atoms with van der Waals surface area (Å²) in [5.41, 5.74) is 2.06. The number of amides is 1. The molecule has 2 aromatic heterocycles. The number of aromatic nitrogens is 3. The Labute approximate surface area is 227 Å². The molecule has 6 rings (SSSR count). The molecule has 0 spiro atoms. The number of hydrogen-bond acceptors (Lipinski definition) is 8. The van der Waals surface area contributed by atoms with Crippen molar-refractivity contribution in [3.05, 3.63) is 87.9 Å². The van der Waals surface area contributed by atoms with Crippen molar-refractivity contribution in [3.8, 4) is 11.3 Å². The summed E-state index contributed by atoms with van der Waals surface area (Å²) >= 11 is 6.28. The van der Waals surface area contributed by atoms with Crippen LogP contribution >= 0.6 is 11.6 Å². The number of carbonyl (C=O) groups excluding carboxylic acids is 1. The molecule has 2 aliphatic rings. The largest absolute Gasteiger partial charge is 0.418 e. The van der Waals surface area contributed by atoms with Crippen molar-refractivity contribution in [3.63, 3.8) is 0 Å². The minimum Gasteiger partial charge on any atom is -0.418 e. The molecule has 12 heteroatoms. The molecule has 0 bridgehead atoms. The summed E-state index contributed by atoms with van der Waals surface area (Å²) in [6, 6.07) is 8.91. The summed E-state index contributed by atoms with van der Waals surface area (Å²) in [6.07, 6.45) is 2.94. The number of hydrogen-bond donors (Lipinski definition) is 2. The van der Waals surface area contributed by atoms with Crippen LogP contribution in [0.15, 0.2) is 58.2 Å². The van der Waals surface area contributed by atoms with Gasteiger partial charge in [-0.25, -0.2) is 23.7 Å². The molecule has 39 heavy (non-hydrogen) atoms. The van der Waals surface area contributed by atoms with Gasteiger partial charge in [-0.05, 0) is 31.2 Å². The first-order valence-corrected chi connectivity index (χ1v) is 12.7. The van der Waals surface area contributed by atoms with Crippen LogP contribution in [0.5, 0.6) is 0 Å². The van der Waals surface area contributed by atoms with Gasteiger partial charge in [0.2, 0.25) is 11.7 Å². The Morgan fingerprint density at radius 3 is 2.77 bits per heavy atom. The molecule has 1 saturated heterocycles.